The van der Waals surface area contributed by atoms with E-state index in [9.17, 15) is 9.59 Å². The van der Waals surface area contributed by atoms with Gasteiger partial charge in [-0.2, -0.15) is 0 Å². The number of imide groups is 1. The summed E-state index contributed by atoms with van der Waals surface area (Å²) in [6.07, 6.45) is 5.73. The van der Waals surface area contributed by atoms with E-state index in [2.05, 4.69) is 39.8 Å². The Balaban J connectivity index is 2.18. The Hall–Kier alpha value is -2.62. The number of unbranched alkanes of at least 4 members (excludes halogenated alkanes) is 2. The molecule has 1 aliphatic heterocycles. The minimum atomic E-state index is -0.405. The van der Waals surface area contributed by atoms with Crippen LogP contribution >= 0.6 is 0 Å². The van der Waals surface area contributed by atoms with Gasteiger partial charge in [0.2, 0.25) is 5.91 Å². The Labute approximate surface area is 199 Å². The maximum absolute atomic E-state index is 13.8. The second kappa shape index (κ2) is 10.5. The molecular formula is C29H39NO3. The van der Waals surface area contributed by atoms with E-state index >= 15 is 0 Å². The Morgan fingerprint density at radius 3 is 2.30 bits per heavy atom. The molecule has 2 unspecified atom stereocenters. The Morgan fingerprint density at radius 1 is 1.03 bits per heavy atom. The molecule has 4 nitrogen and oxygen atoms in total. The molecule has 2 aromatic rings. The maximum atomic E-state index is 13.8. The number of carbonyl (C=O) groups excluding carboxylic acids is 2. The SMILES string of the molecule is CCCCC[C@H](CC)N1C(=O)c2ccc(OC)c(C(C)(CC)c3ccccc3)c2C(C)C1=O. The van der Waals surface area contributed by atoms with Gasteiger partial charge in [-0.25, -0.2) is 0 Å². The molecule has 0 aromatic heterocycles. The Morgan fingerprint density at radius 2 is 1.73 bits per heavy atom. The molecule has 4 heteroatoms. The fourth-order valence-corrected chi connectivity index (χ4v) is 5.36. The van der Waals surface area contributed by atoms with Crippen LogP contribution in [0.25, 0.3) is 0 Å². The standard InChI is InChI=1S/C29H39NO3/c1-7-10-12-17-22(8-2)30-27(31)20(4)25-23(28(30)32)18-19-24(33-6)26(25)29(5,9-3)21-15-13-11-14-16-21/h11,13-16,18-20,22H,7-10,12,17H2,1-6H3/t20?,22-,29?/m0/s1. The van der Waals surface area contributed by atoms with Crippen molar-refractivity contribution in [1.29, 1.82) is 0 Å². The van der Waals surface area contributed by atoms with Crippen LogP contribution in [-0.4, -0.2) is 29.9 Å². The van der Waals surface area contributed by atoms with Gasteiger partial charge >= 0.3 is 0 Å². The molecule has 0 N–H and O–H groups in total. The van der Waals surface area contributed by atoms with Crippen molar-refractivity contribution in [3.05, 3.63) is 64.7 Å². The van der Waals surface area contributed by atoms with Gasteiger partial charge < -0.3 is 4.74 Å². The first kappa shape index (κ1) is 25.0. The van der Waals surface area contributed by atoms with Gasteiger partial charge in [0.1, 0.15) is 5.75 Å². The highest BCUT2D eigenvalue weighted by atomic mass is 16.5. The number of rotatable bonds is 10. The molecule has 3 rings (SSSR count). The zero-order chi connectivity index (χ0) is 24.2. The summed E-state index contributed by atoms with van der Waals surface area (Å²) >= 11 is 0. The molecule has 0 spiro atoms. The summed E-state index contributed by atoms with van der Waals surface area (Å²) in [6, 6.07) is 14.0. The lowest BCUT2D eigenvalue weighted by molar-refractivity contribution is -0.132. The number of nitrogens with zero attached hydrogens (tertiary/aromatic N) is 1. The number of carbonyl (C=O) groups is 2. The first-order valence-corrected chi connectivity index (χ1v) is 12.5. The largest absolute Gasteiger partial charge is 0.496 e. The van der Waals surface area contributed by atoms with Crippen molar-refractivity contribution in [2.75, 3.05) is 7.11 Å². The van der Waals surface area contributed by atoms with Crippen molar-refractivity contribution >= 4 is 11.8 Å². The van der Waals surface area contributed by atoms with E-state index in [-0.39, 0.29) is 23.3 Å². The third-order valence-corrected chi connectivity index (χ3v) is 7.56. The zero-order valence-electron chi connectivity index (χ0n) is 21.1. The predicted octanol–water partition coefficient (Wildman–Crippen LogP) is 6.86. The highest BCUT2D eigenvalue weighted by molar-refractivity contribution is 6.12. The zero-order valence-corrected chi connectivity index (χ0v) is 21.1. The second-order valence-corrected chi connectivity index (χ2v) is 9.45. The van der Waals surface area contributed by atoms with Crippen LogP contribution in [0.1, 0.15) is 106 Å². The first-order valence-electron chi connectivity index (χ1n) is 12.5. The van der Waals surface area contributed by atoms with Gasteiger partial charge in [-0.1, -0.05) is 77.3 Å². The lowest BCUT2D eigenvalue weighted by atomic mass is 9.68. The summed E-state index contributed by atoms with van der Waals surface area (Å²) in [5.41, 5.74) is 3.20. The molecule has 2 aromatic carbocycles. The number of hydrogen-bond donors (Lipinski definition) is 0. The van der Waals surface area contributed by atoms with Gasteiger partial charge in [-0.05, 0) is 49.4 Å². The van der Waals surface area contributed by atoms with Gasteiger partial charge in [-0.3, -0.25) is 14.5 Å². The number of fused-ring (bicyclic) bond motifs is 1. The van der Waals surface area contributed by atoms with Crippen LogP contribution in [0.5, 0.6) is 5.75 Å². The van der Waals surface area contributed by atoms with Crippen molar-refractivity contribution < 1.29 is 14.3 Å². The van der Waals surface area contributed by atoms with E-state index in [1.54, 1.807) is 12.0 Å². The molecule has 33 heavy (non-hydrogen) atoms. The van der Waals surface area contributed by atoms with Crippen LogP contribution < -0.4 is 4.74 Å². The molecule has 178 valence electrons. The van der Waals surface area contributed by atoms with Crippen molar-refractivity contribution in [2.45, 2.75) is 90.5 Å². The molecule has 0 saturated carbocycles. The summed E-state index contributed by atoms with van der Waals surface area (Å²) in [6.45, 7) is 10.5. The second-order valence-electron chi connectivity index (χ2n) is 9.45. The lowest BCUT2D eigenvalue weighted by Gasteiger charge is -2.41. The normalized spacial score (nSPS) is 18.6. The minimum Gasteiger partial charge on any atom is -0.496 e. The average Bonchev–Trinajstić information content (AvgIpc) is 2.85. The van der Waals surface area contributed by atoms with E-state index in [0.717, 1.165) is 61.0 Å². The predicted molar refractivity (Wildman–Crippen MR) is 134 cm³/mol. The van der Waals surface area contributed by atoms with Crippen LogP contribution in [-0.2, 0) is 10.2 Å². The lowest BCUT2D eigenvalue weighted by Crippen LogP contribution is -2.50. The summed E-state index contributed by atoms with van der Waals surface area (Å²) in [7, 11) is 1.66. The number of hydrogen-bond acceptors (Lipinski definition) is 3. The highest BCUT2D eigenvalue weighted by Gasteiger charge is 2.44. The number of methoxy groups -OCH3 is 1. The quantitative estimate of drug-likeness (QED) is 0.294. The van der Waals surface area contributed by atoms with Crippen LogP contribution in [0.2, 0.25) is 0 Å². The fourth-order valence-electron chi connectivity index (χ4n) is 5.36. The maximum Gasteiger partial charge on any atom is 0.261 e. The van der Waals surface area contributed by atoms with Crippen molar-refractivity contribution in [1.82, 2.24) is 4.90 Å². The van der Waals surface area contributed by atoms with Crippen molar-refractivity contribution in [3.8, 4) is 5.75 Å². The molecular weight excluding hydrogens is 410 g/mol. The molecule has 0 bridgehead atoms. The van der Waals surface area contributed by atoms with Gasteiger partial charge in [0, 0.05) is 22.6 Å². The molecule has 3 atom stereocenters. The van der Waals surface area contributed by atoms with Crippen LogP contribution in [0, 0.1) is 0 Å². The Bertz CT molecular complexity index is 984. The summed E-state index contributed by atoms with van der Waals surface area (Å²) in [5, 5.41) is 0. The first-order chi connectivity index (χ1) is 15.8. The molecule has 0 aliphatic carbocycles. The molecule has 0 fully saturated rings. The topological polar surface area (TPSA) is 46.6 Å². The van der Waals surface area contributed by atoms with Gasteiger partial charge in [-0.15, -0.1) is 0 Å². The van der Waals surface area contributed by atoms with Crippen LogP contribution in [0.15, 0.2) is 42.5 Å². The summed E-state index contributed by atoms with van der Waals surface area (Å²) < 4.78 is 5.82. The van der Waals surface area contributed by atoms with E-state index in [4.69, 9.17) is 4.74 Å². The van der Waals surface area contributed by atoms with Crippen LogP contribution in [0.4, 0.5) is 0 Å². The molecule has 0 saturated heterocycles. The Kier molecular flexibility index (Phi) is 7.99. The van der Waals surface area contributed by atoms with Gasteiger partial charge in [0.25, 0.3) is 5.91 Å². The van der Waals surface area contributed by atoms with Gasteiger partial charge in [0.05, 0.1) is 13.0 Å². The molecule has 1 aliphatic rings. The van der Waals surface area contributed by atoms with E-state index in [1.807, 2.05) is 37.3 Å². The van der Waals surface area contributed by atoms with Crippen LogP contribution in [0.3, 0.4) is 0 Å². The number of amides is 2. The number of ether oxygens (including phenoxy) is 1. The third kappa shape index (κ3) is 4.45. The van der Waals surface area contributed by atoms with E-state index in [1.165, 1.54) is 0 Å². The van der Waals surface area contributed by atoms with E-state index < -0.39 is 5.92 Å². The minimum absolute atomic E-state index is 0.0515. The van der Waals surface area contributed by atoms with Gasteiger partial charge in [0.15, 0.2) is 0 Å². The average molecular weight is 450 g/mol. The van der Waals surface area contributed by atoms with Crippen molar-refractivity contribution in [3.63, 3.8) is 0 Å². The third-order valence-electron chi connectivity index (χ3n) is 7.56. The summed E-state index contributed by atoms with van der Waals surface area (Å²) in [5.74, 6) is 0.0826. The monoisotopic (exact) mass is 449 g/mol. The summed E-state index contributed by atoms with van der Waals surface area (Å²) in [4.78, 5) is 29.0. The fraction of sp³-hybridized carbons (Fsp3) is 0.517. The van der Waals surface area contributed by atoms with Crippen molar-refractivity contribution in [2.24, 2.45) is 0 Å². The molecule has 2 amide bonds. The smallest absolute Gasteiger partial charge is 0.261 e. The van der Waals surface area contributed by atoms with E-state index in [0.29, 0.717) is 5.56 Å². The molecule has 0 radical (unpaired) electrons. The highest BCUT2D eigenvalue weighted by Crippen LogP contribution is 2.47. The number of benzene rings is 2. The molecule has 1 heterocycles.